The number of hydrogen-bond donors (Lipinski definition) is 2. The van der Waals surface area contributed by atoms with Crippen molar-refractivity contribution in [2.24, 2.45) is 5.92 Å². The van der Waals surface area contributed by atoms with Crippen LogP contribution in [-0.4, -0.2) is 41.1 Å². The molecule has 0 radical (unpaired) electrons. The number of imidazole rings is 1. The molecule has 0 amide bonds. The minimum atomic E-state index is -4.88. The van der Waals surface area contributed by atoms with Gasteiger partial charge in [-0.05, 0) is 64.7 Å². The summed E-state index contributed by atoms with van der Waals surface area (Å²) >= 11 is 6.30. The molecule has 0 unspecified atom stereocenters. The van der Waals surface area contributed by atoms with Gasteiger partial charge < -0.3 is 20.0 Å². The average molecular weight is 567 g/mol. The Kier molecular flexibility index (Phi) is 5.29. The molecule has 1 fully saturated rings. The topological polar surface area (TPSA) is 130 Å². The molecule has 0 spiro atoms. The van der Waals surface area contributed by atoms with Gasteiger partial charge in [-0.3, -0.25) is 4.79 Å². The Labute approximate surface area is 228 Å². The van der Waals surface area contributed by atoms with Crippen LogP contribution in [0.2, 0.25) is 5.02 Å². The predicted molar refractivity (Wildman–Crippen MR) is 138 cm³/mol. The number of tetrazole rings is 1. The van der Waals surface area contributed by atoms with Crippen LogP contribution < -0.4 is 16.0 Å². The van der Waals surface area contributed by atoms with E-state index < -0.39 is 12.1 Å². The van der Waals surface area contributed by atoms with Gasteiger partial charge in [0.2, 0.25) is 0 Å². The van der Waals surface area contributed by atoms with Gasteiger partial charge in [-0.15, -0.1) is 18.3 Å². The van der Waals surface area contributed by atoms with Gasteiger partial charge in [0.05, 0.1) is 29.3 Å². The Morgan fingerprint density at radius 1 is 1.10 bits per heavy atom. The van der Waals surface area contributed by atoms with Crippen LogP contribution in [0.3, 0.4) is 0 Å². The summed E-state index contributed by atoms with van der Waals surface area (Å²) in [5.74, 6) is 0.379. The van der Waals surface area contributed by atoms with Crippen molar-refractivity contribution in [2.75, 3.05) is 5.73 Å². The summed E-state index contributed by atoms with van der Waals surface area (Å²) in [4.78, 5) is 21.2. The Balaban J connectivity index is 1.26. The summed E-state index contributed by atoms with van der Waals surface area (Å²) in [5.41, 5.74) is 9.16. The van der Waals surface area contributed by atoms with E-state index in [0.29, 0.717) is 38.9 Å². The van der Waals surface area contributed by atoms with E-state index in [1.54, 1.807) is 34.9 Å². The van der Waals surface area contributed by atoms with Crippen LogP contribution in [0.25, 0.3) is 28.1 Å². The molecule has 0 bridgehead atoms. The van der Waals surface area contributed by atoms with Crippen molar-refractivity contribution in [1.82, 2.24) is 34.7 Å². The molecule has 40 heavy (non-hydrogen) atoms. The first-order valence-corrected chi connectivity index (χ1v) is 12.5. The van der Waals surface area contributed by atoms with Crippen LogP contribution in [0.15, 0.2) is 65.8 Å². The second kappa shape index (κ2) is 8.68. The van der Waals surface area contributed by atoms with E-state index in [4.69, 9.17) is 17.3 Å². The third kappa shape index (κ3) is 4.09. The lowest BCUT2D eigenvalue weighted by molar-refractivity contribution is -0.274. The molecule has 3 atom stereocenters. The molecule has 1 aliphatic carbocycles. The molecule has 3 N–H and O–H groups in total. The summed E-state index contributed by atoms with van der Waals surface area (Å²) in [6.07, 6.45) is -1.01. The normalized spacial score (nSPS) is 19.4. The summed E-state index contributed by atoms with van der Waals surface area (Å²) in [7, 11) is 0. The molecule has 1 saturated carbocycles. The number of H-pyrrole nitrogens is 1. The maximum Gasteiger partial charge on any atom is 0.573 e. The zero-order valence-electron chi connectivity index (χ0n) is 20.3. The van der Waals surface area contributed by atoms with Crippen LogP contribution in [0.5, 0.6) is 5.75 Å². The van der Waals surface area contributed by atoms with Crippen LogP contribution in [-0.2, 0) is 0 Å². The Morgan fingerprint density at radius 2 is 1.95 bits per heavy atom. The number of anilines is 1. The van der Waals surface area contributed by atoms with E-state index in [9.17, 15) is 18.0 Å². The number of ether oxygens (including phenoxy) is 1. The second-order valence-electron chi connectivity index (χ2n) is 9.73. The van der Waals surface area contributed by atoms with Crippen LogP contribution in [0, 0.1) is 5.92 Å². The zero-order chi connectivity index (χ0) is 27.8. The van der Waals surface area contributed by atoms with Gasteiger partial charge >= 0.3 is 6.36 Å². The highest BCUT2D eigenvalue weighted by atomic mass is 35.5. The number of aromatic amines is 1. The molecule has 7 rings (SSSR count). The molecular formula is C26H18ClF3N8O2. The lowest BCUT2D eigenvalue weighted by Crippen LogP contribution is -2.26. The molecule has 0 saturated heterocycles. The first-order valence-electron chi connectivity index (χ1n) is 12.2. The summed E-state index contributed by atoms with van der Waals surface area (Å²) < 4.78 is 45.7. The molecular weight excluding hydrogens is 549 g/mol. The van der Waals surface area contributed by atoms with E-state index in [1.165, 1.54) is 29.3 Å². The van der Waals surface area contributed by atoms with Gasteiger partial charge in [0.25, 0.3) is 5.56 Å². The third-order valence-electron chi connectivity index (χ3n) is 7.29. The zero-order valence-corrected chi connectivity index (χ0v) is 21.1. The molecule has 2 aliphatic rings. The minimum Gasteiger partial charge on any atom is -0.404 e. The Morgan fingerprint density at radius 3 is 2.73 bits per heavy atom. The number of benzene rings is 2. The lowest BCUT2D eigenvalue weighted by Gasteiger charge is -2.18. The third-order valence-corrected chi connectivity index (χ3v) is 7.53. The monoisotopic (exact) mass is 566 g/mol. The number of rotatable bonds is 5. The second-order valence-corrected chi connectivity index (χ2v) is 10.2. The lowest BCUT2D eigenvalue weighted by atomic mass is 10.0. The number of pyridine rings is 1. The van der Waals surface area contributed by atoms with Crippen molar-refractivity contribution in [3.63, 3.8) is 0 Å². The summed E-state index contributed by atoms with van der Waals surface area (Å²) in [6.45, 7) is 0. The Hall–Kier alpha value is -4.65. The average Bonchev–Trinajstić information content (AvgIpc) is 3.26. The number of alkyl halides is 3. The number of nitrogens with two attached hydrogens (primary N) is 1. The van der Waals surface area contributed by atoms with Crippen molar-refractivity contribution < 1.29 is 17.9 Å². The molecule has 2 aromatic carbocycles. The van der Waals surface area contributed by atoms with Gasteiger partial charge in [-0.2, -0.15) is 4.68 Å². The largest absolute Gasteiger partial charge is 0.573 e. The molecule has 10 nitrogen and oxygen atoms in total. The van der Waals surface area contributed by atoms with Crippen molar-refractivity contribution in [1.29, 1.82) is 0 Å². The number of nitrogens with zero attached hydrogens (tertiary/aromatic N) is 6. The van der Waals surface area contributed by atoms with E-state index in [0.717, 1.165) is 12.1 Å². The van der Waals surface area contributed by atoms with E-state index in [-0.39, 0.29) is 29.1 Å². The maximum atomic E-state index is 13.5. The number of halogens is 4. The SMILES string of the molecule is Nc1ccc(-c2cnc([C@@H]3[C@H]4C[C@H]4c4cc(-c5cc(Cl)ccc5-n5cnnn5)cc(=O)n43)[nH]2)cc1OC(F)(F)F. The molecule has 5 aromatic rings. The van der Waals surface area contributed by atoms with Crippen LogP contribution in [0.4, 0.5) is 18.9 Å². The van der Waals surface area contributed by atoms with E-state index in [1.807, 2.05) is 6.07 Å². The quantitative estimate of drug-likeness (QED) is 0.294. The Bertz CT molecular complexity index is 1830. The number of nitrogen functional groups attached to an aromatic ring is 1. The highest BCUT2D eigenvalue weighted by Crippen LogP contribution is 2.60. The summed E-state index contributed by atoms with van der Waals surface area (Å²) in [6, 6.07) is 12.6. The molecule has 202 valence electrons. The molecule has 4 heterocycles. The van der Waals surface area contributed by atoms with Gasteiger partial charge in [0.15, 0.2) is 5.75 Å². The minimum absolute atomic E-state index is 0.142. The fraction of sp³-hybridized carbons (Fsp3) is 0.192. The van der Waals surface area contributed by atoms with Gasteiger partial charge in [0.1, 0.15) is 12.2 Å². The first-order chi connectivity index (χ1) is 19.2. The fourth-order valence-corrected chi connectivity index (χ4v) is 5.69. The van der Waals surface area contributed by atoms with Crippen molar-refractivity contribution in [3.05, 3.63) is 87.9 Å². The highest BCUT2D eigenvalue weighted by Gasteiger charge is 2.54. The fourth-order valence-electron chi connectivity index (χ4n) is 5.52. The molecule has 3 aromatic heterocycles. The van der Waals surface area contributed by atoms with E-state index in [2.05, 4.69) is 30.2 Å². The number of fused-ring (bicyclic) bond motifs is 3. The van der Waals surface area contributed by atoms with Crippen molar-refractivity contribution >= 4 is 17.3 Å². The number of aromatic nitrogens is 7. The van der Waals surface area contributed by atoms with Gasteiger partial charge in [-0.1, -0.05) is 17.7 Å². The number of nitrogens with one attached hydrogen (secondary N) is 1. The smallest absolute Gasteiger partial charge is 0.404 e. The van der Waals surface area contributed by atoms with Crippen LogP contribution in [0.1, 0.15) is 29.9 Å². The molecule has 1 aliphatic heterocycles. The van der Waals surface area contributed by atoms with Gasteiger partial charge in [-0.25, -0.2) is 4.98 Å². The maximum absolute atomic E-state index is 13.5. The van der Waals surface area contributed by atoms with Crippen molar-refractivity contribution in [2.45, 2.75) is 24.7 Å². The molecule has 14 heteroatoms. The van der Waals surface area contributed by atoms with Gasteiger partial charge in [0, 0.05) is 33.8 Å². The first kappa shape index (κ1) is 24.4. The summed E-state index contributed by atoms with van der Waals surface area (Å²) in [5, 5.41) is 11.9. The van der Waals surface area contributed by atoms with Crippen molar-refractivity contribution in [3.8, 4) is 33.8 Å². The highest BCUT2D eigenvalue weighted by molar-refractivity contribution is 6.31. The predicted octanol–water partition coefficient (Wildman–Crippen LogP) is 4.72. The number of hydrogen-bond acceptors (Lipinski definition) is 7. The van der Waals surface area contributed by atoms with Crippen LogP contribution >= 0.6 is 11.6 Å². The van der Waals surface area contributed by atoms with E-state index >= 15 is 0 Å². The standard InChI is InChI=1S/C26H18ClF3N8O2/c27-14-2-4-20(37-11-33-35-36-37)15(8-14)13-5-21-16-9-17(16)24(38(21)23(39)7-13)25-32-10-19(34-25)12-1-3-18(31)22(6-12)40-26(28,29)30/h1-8,10-11,16-17,24H,9,31H2,(H,32,34)/t16-,17+,24+/m1/s1.